The van der Waals surface area contributed by atoms with Crippen molar-refractivity contribution < 1.29 is 14.3 Å². The van der Waals surface area contributed by atoms with Crippen LogP contribution in [0.1, 0.15) is 53.4 Å². The maximum atomic E-state index is 12.5. The Bertz CT molecular complexity index is 437. The van der Waals surface area contributed by atoms with Crippen molar-refractivity contribution in [2.75, 3.05) is 0 Å². The Kier molecular flexibility index (Phi) is 3.69. The molecule has 4 nitrogen and oxygen atoms in total. The average molecular weight is 279 g/mol. The molecule has 0 aromatic rings. The molecule has 1 saturated heterocycles. The van der Waals surface area contributed by atoms with Crippen molar-refractivity contribution >= 4 is 12.0 Å². The number of carbonyl (C=O) groups is 2. The summed E-state index contributed by atoms with van der Waals surface area (Å²) < 4.78 is 5.45. The van der Waals surface area contributed by atoms with Crippen molar-refractivity contribution in [2.45, 2.75) is 64.5 Å². The van der Waals surface area contributed by atoms with Crippen molar-refractivity contribution in [3.63, 3.8) is 0 Å². The number of imide groups is 1. The quantitative estimate of drug-likeness (QED) is 0.727. The maximum absolute atomic E-state index is 12.5. The molecule has 3 atom stereocenters. The van der Waals surface area contributed by atoms with Gasteiger partial charge in [0.2, 0.25) is 5.91 Å². The number of hydrogen-bond donors (Lipinski definition) is 0. The molecule has 0 bridgehead atoms. The zero-order valence-electron chi connectivity index (χ0n) is 12.9. The predicted molar refractivity (Wildman–Crippen MR) is 77.1 cm³/mol. The van der Waals surface area contributed by atoms with Crippen molar-refractivity contribution in [1.29, 1.82) is 0 Å². The number of hydrogen-bond acceptors (Lipinski definition) is 3. The summed E-state index contributed by atoms with van der Waals surface area (Å²) in [6, 6.07) is 0. The highest BCUT2D eigenvalue weighted by Crippen LogP contribution is 2.52. The SMILES string of the molecule is C=CC[C@@]12CCC[C@@H]1[C@@H](C)C(=O)N2C(=O)OC(C)(C)C. The minimum absolute atomic E-state index is 0.0919. The van der Waals surface area contributed by atoms with E-state index in [-0.39, 0.29) is 17.7 Å². The second-order valence-corrected chi connectivity index (χ2v) is 7.04. The van der Waals surface area contributed by atoms with Crippen molar-refractivity contribution in [1.82, 2.24) is 4.90 Å². The highest BCUT2D eigenvalue weighted by Gasteiger charge is 2.61. The molecule has 0 spiro atoms. The summed E-state index contributed by atoms with van der Waals surface area (Å²) in [7, 11) is 0. The van der Waals surface area contributed by atoms with Gasteiger partial charge in [-0.15, -0.1) is 6.58 Å². The fourth-order valence-corrected chi connectivity index (χ4v) is 3.84. The van der Waals surface area contributed by atoms with E-state index >= 15 is 0 Å². The lowest BCUT2D eigenvalue weighted by atomic mass is 9.81. The number of ether oxygens (including phenoxy) is 1. The van der Waals surface area contributed by atoms with Gasteiger partial charge in [0.15, 0.2) is 0 Å². The van der Waals surface area contributed by atoms with Crippen LogP contribution < -0.4 is 0 Å². The third kappa shape index (κ3) is 2.25. The lowest BCUT2D eigenvalue weighted by Crippen LogP contribution is -2.51. The number of likely N-dealkylation sites (tertiary alicyclic amines) is 1. The minimum atomic E-state index is -0.591. The zero-order chi connectivity index (χ0) is 15.1. The van der Waals surface area contributed by atoms with Crippen LogP contribution in [0.4, 0.5) is 4.79 Å². The van der Waals surface area contributed by atoms with Gasteiger partial charge in [0, 0.05) is 5.92 Å². The Labute approximate surface area is 121 Å². The number of amides is 2. The van der Waals surface area contributed by atoms with Gasteiger partial charge in [0.05, 0.1) is 5.54 Å². The molecular weight excluding hydrogens is 254 g/mol. The Morgan fingerprint density at radius 3 is 2.75 bits per heavy atom. The normalized spacial score (nSPS) is 33.2. The van der Waals surface area contributed by atoms with Crippen LogP contribution in [0.5, 0.6) is 0 Å². The van der Waals surface area contributed by atoms with Gasteiger partial charge in [-0.3, -0.25) is 4.79 Å². The molecule has 2 aliphatic rings. The first-order chi connectivity index (χ1) is 9.23. The van der Waals surface area contributed by atoms with Crippen LogP contribution in [-0.2, 0) is 9.53 Å². The van der Waals surface area contributed by atoms with Crippen LogP contribution in [0, 0.1) is 11.8 Å². The largest absolute Gasteiger partial charge is 0.443 e. The number of fused-ring (bicyclic) bond motifs is 1. The van der Waals surface area contributed by atoms with Gasteiger partial charge in [0.1, 0.15) is 5.60 Å². The average Bonchev–Trinajstić information content (AvgIpc) is 2.77. The standard InChI is InChI=1S/C16H25NO3/c1-6-9-16-10-7-8-12(16)11(2)13(18)17(16)14(19)20-15(3,4)5/h6,11-12H,1,7-10H2,2-5H3/t11-,12-,16-/m1/s1. The zero-order valence-corrected chi connectivity index (χ0v) is 12.9. The minimum Gasteiger partial charge on any atom is -0.443 e. The number of rotatable bonds is 2. The van der Waals surface area contributed by atoms with Crippen LogP contribution in [-0.4, -0.2) is 28.0 Å². The van der Waals surface area contributed by atoms with Gasteiger partial charge in [-0.25, -0.2) is 9.69 Å². The highest BCUT2D eigenvalue weighted by molar-refractivity contribution is 5.97. The maximum Gasteiger partial charge on any atom is 0.417 e. The third-order valence-electron chi connectivity index (χ3n) is 4.55. The van der Waals surface area contributed by atoms with Gasteiger partial charge in [-0.05, 0) is 46.0 Å². The Morgan fingerprint density at radius 2 is 2.20 bits per heavy atom. The van der Waals surface area contributed by atoms with E-state index in [0.717, 1.165) is 19.3 Å². The summed E-state index contributed by atoms with van der Waals surface area (Å²) in [6.45, 7) is 11.2. The monoisotopic (exact) mass is 279 g/mol. The van der Waals surface area contributed by atoms with Crippen LogP contribution >= 0.6 is 0 Å². The number of nitrogens with zero attached hydrogens (tertiary/aromatic N) is 1. The molecule has 1 heterocycles. The Hall–Kier alpha value is -1.32. The molecule has 1 saturated carbocycles. The lowest BCUT2D eigenvalue weighted by Gasteiger charge is -2.37. The molecule has 2 rings (SSSR count). The summed E-state index contributed by atoms with van der Waals surface area (Å²) in [5, 5.41) is 0. The molecule has 0 radical (unpaired) electrons. The van der Waals surface area contributed by atoms with Gasteiger partial charge in [0.25, 0.3) is 0 Å². The molecule has 0 unspecified atom stereocenters. The molecule has 4 heteroatoms. The van der Waals surface area contributed by atoms with Crippen LogP contribution in [0.2, 0.25) is 0 Å². The van der Waals surface area contributed by atoms with E-state index in [1.54, 1.807) is 0 Å². The summed E-state index contributed by atoms with van der Waals surface area (Å²) in [6.07, 6.45) is 4.89. The van der Waals surface area contributed by atoms with Crippen molar-refractivity contribution in [3.8, 4) is 0 Å². The fourth-order valence-electron chi connectivity index (χ4n) is 3.84. The van der Waals surface area contributed by atoms with Crippen molar-refractivity contribution in [2.24, 2.45) is 11.8 Å². The van der Waals surface area contributed by atoms with Gasteiger partial charge in [-0.2, -0.15) is 0 Å². The first-order valence-electron chi connectivity index (χ1n) is 7.41. The summed E-state index contributed by atoms with van der Waals surface area (Å²) in [5.41, 5.74) is -0.993. The highest BCUT2D eigenvalue weighted by atomic mass is 16.6. The Balaban J connectivity index is 2.35. The molecule has 0 aromatic carbocycles. The second-order valence-electron chi connectivity index (χ2n) is 7.04. The van der Waals surface area contributed by atoms with Gasteiger partial charge < -0.3 is 4.74 Å². The molecule has 1 aliphatic carbocycles. The van der Waals surface area contributed by atoms with Crippen LogP contribution in [0.25, 0.3) is 0 Å². The summed E-state index contributed by atoms with van der Waals surface area (Å²) in [5.74, 6) is 0.0382. The Morgan fingerprint density at radius 1 is 1.55 bits per heavy atom. The predicted octanol–water partition coefficient (Wildman–Crippen LogP) is 3.51. The summed E-state index contributed by atoms with van der Waals surface area (Å²) in [4.78, 5) is 26.4. The van der Waals surface area contributed by atoms with Crippen LogP contribution in [0.3, 0.4) is 0 Å². The second kappa shape index (κ2) is 4.90. The molecule has 0 aromatic heterocycles. The number of carbonyl (C=O) groups excluding carboxylic acids is 2. The van der Waals surface area contributed by atoms with E-state index in [0.29, 0.717) is 6.42 Å². The third-order valence-corrected chi connectivity index (χ3v) is 4.55. The molecule has 2 amide bonds. The first-order valence-corrected chi connectivity index (χ1v) is 7.41. The van der Waals surface area contributed by atoms with E-state index in [1.165, 1.54) is 4.90 Å². The van der Waals surface area contributed by atoms with Gasteiger partial charge in [-0.1, -0.05) is 19.4 Å². The van der Waals surface area contributed by atoms with E-state index in [2.05, 4.69) is 6.58 Å². The fraction of sp³-hybridized carbons (Fsp3) is 0.750. The molecular formula is C16H25NO3. The van der Waals surface area contributed by atoms with Gasteiger partial charge >= 0.3 is 6.09 Å². The van der Waals surface area contributed by atoms with E-state index in [9.17, 15) is 9.59 Å². The van der Waals surface area contributed by atoms with E-state index < -0.39 is 17.2 Å². The first kappa shape index (κ1) is 15.1. The molecule has 20 heavy (non-hydrogen) atoms. The molecule has 1 aliphatic heterocycles. The van der Waals surface area contributed by atoms with E-state index in [1.807, 2.05) is 33.8 Å². The smallest absolute Gasteiger partial charge is 0.417 e. The molecule has 112 valence electrons. The lowest BCUT2D eigenvalue weighted by molar-refractivity contribution is -0.132. The van der Waals surface area contributed by atoms with Crippen molar-refractivity contribution in [3.05, 3.63) is 12.7 Å². The van der Waals surface area contributed by atoms with E-state index in [4.69, 9.17) is 4.74 Å². The molecule has 2 fully saturated rings. The topological polar surface area (TPSA) is 46.6 Å². The van der Waals surface area contributed by atoms with Crippen LogP contribution in [0.15, 0.2) is 12.7 Å². The molecule has 0 N–H and O–H groups in total. The summed E-state index contributed by atoms with van der Waals surface area (Å²) >= 11 is 0.